The molecule has 2 aromatic rings. The summed E-state index contributed by atoms with van der Waals surface area (Å²) < 4.78 is 46.3. The van der Waals surface area contributed by atoms with E-state index >= 15 is 0 Å². The van der Waals surface area contributed by atoms with Gasteiger partial charge in [-0.2, -0.15) is 0 Å². The van der Waals surface area contributed by atoms with Gasteiger partial charge in [0.25, 0.3) is 5.91 Å². The monoisotopic (exact) mass is 409 g/mol. The van der Waals surface area contributed by atoms with Gasteiger partial charge in [-0.05, 0) is 43.7 Å². The number of rotatable bonds is 5. The Morgan fingerprint density at radius 2 is 1.90 bits per heavy atom. The Morgan fingerprint density at radius 3 is 2.48 bits per heavy atom. The molecule has 1 N–H and O–H groups in total. The van der Waals surface area contributed by atoms with Crippen LogP contribution in [0.15, 0.2) is 47.8 Å². The molecule has 1 aromatic carbocycles. The van der Waals surface area contributed by atoms with Crippen molar-refractivity contribution in [3.63, 3.8) is 0 Å². The van der Waals surface area contributed by atoms with Crippen molar-refractivity contribution in [3.05, 3.63) is 53.9 Å². The van der Waals surface area contributed by atoms with E-state index in [1.807, 2.05) is 6.92 Å². The number of carbonyl (C=O) groups is 1. The third kappa shape index (κ3) is 5.15. The van der Waals surface area contributed by atoms with Crippen LogP contribution in [0.1, 0.15) is 36.3 Å². The molecule has 1 aromatic heterocycles. The number of alkyl halides is 3. The Bertz CT molecular complexity index is 898. The SMILES string of the molecule is CCNC(=O)c1ccc(OC2=NO[C@](C)(c3ccc(OC(F)(F)F)cc3)C2)cn1. The van der Waals surface area contributed by atoms with E-state index in [4.69, 9.17) is 9.57 Å². The van der Waals surface area contributed by atoms with Crippen LogP contribution in [0.4, 0.5) is 13.2 Å². The highest BCUT2D eigenvalue weighted by molar-refractivity contribution is 5.92. The number of oxime groups is 1. The molecule has 0 radical (unpaired) electrons. The molecule has 1 amide bonds. The van der Waals surface area contributed by atoms with Gasteiger partial charge in [0.15, 0.2) is 5.60 Å². The molecular weight excluding hydrogens is 391 g/mol. The molecule has 1 aliphatic rings. The lowest BCUT2D eigenvalue weighted by Gasteiger charge is -2.21. The Labute approximate surface area is 164 Å². The molecule has 0 bridgehead atoms. The molecule has 0 saturated heterocycles. The first-order valence-electron chi connectivity index (χ1n) is 8.72. The van der Waals surface area contributed by atoms with Crippen LogP contribution in [-0.4, -0.2) is 29.7 Å². The van der Waals surface area contributed by atoms with Crippen molar-refractivity contribution < 1.29 is 32.3 Å². The number of pyridine rings is 1. The van der Waals surface area contributed by atoms with Crippen molar-refractivity contribution in [2.45, 2.75) is 32.2 Å². The first kappa shape index (κ1) is 20.4. The maximum absolute atomic E-state index is 12.3. The molecule has 2 heterocycles. The van der Waals surface area contributed by atoms with E-state index in [-0.39, 0.29) is 29.7 Å². The van der Waals surface area contributed by atoms with Crippen LogP contribution in [0.5, 0.6) is 11.5 Å². The molecule has 29 heavy (non-hydrogen) atoms. The zero-order chi connectivity index (χ0) is 21.1. The average Bonchev–Trinajstić information content (AvgIpc) is 3.03. The minimum absolute atomic E-state index is 0.255. The van der Waals surface area contributed by atoms with Crippen molar-refractivity contribution in [1.29, 1.82) is 0 Å². The molecule has 3 rings (SSSR count). The van der Waals surface area contributed by atoms with Gasteiger partial charge in [-0.1, -0.05) is 17.3 Å². The van der Waals surface area contributed by atoms with E-state index < -0.39 is 12.0 Å². The fourth-order valence-corrected chi connectivity index (χ4v) is 2.69. The highest BCUT2D eigenvalue weighted by Gasteiger charge is 2.38. The first-order chi connectivity index (χ1) is 13.7. The maximum atomic E-state index is 12.3. The fraction of sp³-hybridized carbons (Fsp3) is 0.316. The lowest BCUT2D eigenvalue weighted by Crippen LogP contribution is -2.24. The summed E-state index contributed by atoms with van der Waals surface area (Å²) in [4.78, 5) is 21.2. The van der Waals surface area contributed by atoms with Crippen molar-refractivity contribution in [2.75, 3.05) is 6.54 Å². The quantitative estimate of drug-likeness (QED) is 0.813. The van der Waals surface area contributed by atoms with Crippen molar-refractivity contribution in [2.24, 2.45) is 5.16 Å². The van der Waals surface area contributed by atoms with E-state index in [9.17, 15) is 18.0 Å². The average molecular weight is 409 g/mol. The number of nitrogens with zero attached hydrogens (tertiary/aromatic N) is 2. The minimum atomic E-state index is -4.75. The molecule has 0 fully saturated rings. The van der Waals surface area contributed by atoms with Gasteiger partial charge in [0.05, 0.1) is 12.6 Å². The molecule has 10 heteroatoms. The number of hydrogen-bond acceptors (Lipinski definition) is 6. The smallest absolute Gasteiger partial charge is 0.438 e. The zero-order valence-electron chi connectivity index (χ0n) is 15.6. The number of benzene rings is 1. The molecular formula is C19H18F3N3O4. The number of ether oxygens (including phenoxy) is 2. The van der Waals surface area contributed by atoms with Gasteiger partial charge < -0.3 is 19.6 Å². The van der Waals surface area contributed by atoms with Crippen molar-refractivity contribution in [1.82, 2.24) is 10.3 Å². The van der Waals surface area contributed by atoms with Gasteiger partial charge in [0.1, 0.15) is 17.2 Å². The Kier molecular flexibility index (Phi) is 5.62. The van der Waals surface area contributed by atoms with Crippen molar-refractivity contribution >= 4 is 11.8 Å². The third-order valence-electron chi connectivity index (χ3n) is 4.08. The van der Waals surface area contributed by atoms with Gasteiger partial charge in [-0.3, -0.25) is 4.79 Å². The van der Waals surface area contributed by atoms with E-state index in [0.717, 1.165) is 0 Å². The highest BCUT2D eigenvalue weighted by atomic mass is 19.4. The number of nitrogens with one attached hydrogen (secondary N) is 1. The van der Waals surface area contributed by atoms with E-state index in [2.05, 4.69) is 20.2 Å². The fourth-order valence-electron chi connectivity index (χ4n) is 2.69. The molecule has 0 spiro atoms. The van der Waals surface area contributed by atoms with E-state index in [1.165, 1.54) is 36.5 Å². The van der Waals surface area contributed by atoms with E-state index in [1.54, 1.807) is 13.0 Å². The first-order valence-corrected chi connectivity index (χ1v) is 8.72. The summed E-state index contributed by atoms with van der Waals surface area (Å²) in [6, 6.07) is 8.47. The predicted molar refractivity (Wildman–Crippen MR) is 96.5 cm³/mol. The molecule has 0 saturated carbocycles. The summed E-state index contributed by atoms with van der Waals surface area (Å²) in [5, 5.41) is 6.55. The number of halogens is 3. The zero-order valence-corrected chi connectivity index (χ0v) is 15.6. The van der Waals surface area contributed by atoms with Crippen LogP contribution in [0.25, 0.3) is 0 Å². The summed E-state index contributed by atoms with van der Waals surface area (Å²) in [5.74, 6) is 0.0406. The predicted octanol–water partition coefficient (Wildman–Crippen LogP) is 3.76. The van der Waals surface area contributed by atoms with Crippen LogP contribution in [0.3, 0.4) is 0 Å². The Balaban J connectivity index is 1.62. The number of carbonyl (C=O) groups excluding carboxylic acids is 1. The largest absolute Gasteiger partial charge is 0.573 e. The minimum Gasteiger partial charge on any atom is -0.438 e. The van der Waals surface area contributed by atoms with Crippen LogP contribution in [-0.2, 0) is 10.4 Å². The topological polar surface area (TPSA) is 82.0 Å². The van der Waals surface area contributed by atoms with Crippen LogP contribution in [0, 0.1) is 0 Å². The standard InChI is InChI=1S/C19H18F3N3O4/c1-3-23-17(26)15-9-8-14(11-24-15)27-16-10-18(2,29-25-16)12-4-6-13(7-5-12)28-19(20,21)22/h4-9,11H,3,10H2,1-2H3,(H,23,26)/t18-/m0/s1. The van der Waals surface area contributed by atoms with Gasteiger partial charge in [-0.15, -0.1) is 13.2 Å². The third-order valence-corrected chi connectivity index (χ3v) is 4.08. The van der Waals surface area contributed by atoms with Crippen LogP contribution in [0.2, 0.25) is 0 Å². The molecule has 0 unspecified atom stereocenters. The van der Waals surface area contributed by atoms with Gasteiger partial charge >= 0.3 is 6.36 Å². The Hall–Kier alpha value is -3.30. The molecule has 0 aliphatic carbocycles. The normalized spacial score (nSPS) is 18.6. The second kappa shape index (κ2) is 7.98. The molecule has 1 atom stereocenters. The second-order valence-corrected chi connectivity index (χ2v) is 6.40. The van der Waals surface area contributed by atoms with Gasteiger partial charge in [-0.25, -0.2) is 4.98 Å². The second-order valence-electron chi connectivity index (χ2n) is 6.40. The van der Waals surface area contributed by atoms with Crippen LogP contribution < -0.4 is 14.8 Å². The molecule has 154 valence electrons. The van der Waals surface area contributed by atoms with Gasteiger partial charge in [0.2, 0.25) is 5.90 Å². The number of aromatic nitrogens is 1. The number of hydrogen-bond donors (Lipinski definition) is 1. The lowest BCUT2D eigenvalue weighted by atomic mass is 9.93. The van der Waals surface area contributed by atoms with E-state index in [0.29, 0.717) is 17.9 Å². The highest BCUT2D eigenvalue weighted by Crippen LogP contribution is 2.36. The summed E-state index contributed by atoms with van der Waals surface area (Å²) in [7, 11) is 0. The Morgan fingerprint density at radius 1 is 1.21 bits per heavy atom. The summed E-state index contributed by atoms with van der Waals surface area (Å²) in [6.45, 7) is 4.04. The number of amides is 1. The van der Waals surface area contributed by atoms with Gasteiger partial charge in [0, 0.05) is 6.54 Å². The lowest BCUT2D eigenvalue weighted by molar-refractivity contribution is -0.274. The van der Waals surface area contributed by atoms with Crippen molar-refractivity contribution in [3.8, 4) is 11.5 Å². The molecule has 1 aliphatic heterocycles. The maximum Gasteiger partial charge on any atom is 0.573 e. The summed E-state index contributed by atoms with van der Waals surface area (Å²) in [6.07, 6.45) is -3.10. The summed E-state index contributed by atoms with van der Waals surface area (Å²) >= 11 is 0. The van der Waals surface area contributed by atoms with Crippen LogP contribution >= 0.6 is 0 Å². The summed E-state index contributed by atoms with van der Waals surface area (Å²) in [5.41, 5.74) is -0.0330. The molecule has 7 nitrogen and oxygen atoms in total.